The molecule has 0 spiro atoms. The van der Waals surface area contributed by atoms with E-state index in [4.69, 9.17) is 4.74 Å². The number of fused-ring (bicyclic) bond motifs is 1. The van der Waals surface area contributed by atoms with Crippen molar-refractivity contribution in [3.63, 3.8) is 0 Å². The summed E-state index contributed by atoms with van der Waals surface area (Å²) in [5.41, 5.74) is 0.572. The van der Waals surface area contributed by atoms with E-state index >= 15 is 0 Å². The number of likely N-dealkylation sites (tertiary alicyclic amines) is 1. The van der Waals surface area contributed by atoms with Crippen LogP contribution in [0.5, 0.6) is 0 Å². The minimum absolute atomic E-state index is 0.0558. The number of hydrogen-bond acceptors (Lipinski definition) is 7. The first-order valence-electron chi connectivity index (χ1n) is 14.0. The van der Waals surface area contributed by atoms with Crippen molar-refractivity contribution in [2.75, 3.05) is 44.2 Å². The van der Waals surface area contributed by atoms with Crippen LogP contribution in [-0.4, -0.2) is 102 Å². The van der Waals surface area contributed by atoms with Crippen LogP contribution in [0.25, 0.3) is 0 Å². The average Bonchev–Trinajstić information content (AvgIpc) is 3.44. The van der Waals surface area contributed by atoms with Crippen molar-refractivity contribution >= 4 is 23.3 Å². The lowest BCUT2D eigenvalue weighted by atomic mass is 9.80. The molecule has 5 fully saturated rings. The van der Waals surface area contributed by atoms with Crippen molar-refractivity contribution in [3.05, 3.63) is 29.8 Å². The Morgan fingerprint density at radius 2 is 1.68 bits per heavy atom. The van der Waals surface area contributed by atoms with Crippen molar-refractivity contribution in [1.29, 1.82) is 0 Å². The number of carbonyl (C=O) groups excluding carboxylic acids is 3. The Balaban J connectivity index is 1.13. The fourth-order valence-electron chi connectivity index (χ4n) is 6.87. The zero-order valence-corrected chi connectivity index (χ0v) is 21.4. The molecule has 2 N–H and O–H groups in total. The van der Waals surface area contributed by atoms with Crippen LogP contribution in [0.15, 0.2) is 24.3 Å². The van der Waals surface area contributed by atoms with Gasteiger partial charge in [0.1, 0.15) is 30.4 Å². The van der Waals surface area contributed by atoms with Gasteiger partial charge in [0.2, 0.25) is 5.91 Å². The van der Waals surface area contributed by atoms with E-state index in [9.17, 15) is 19.5 Å². The van der Waals surface area contributed by atoms with Crippen LogP contribution in [0.3, 0.4) is 0 Å². The molecule has 3 atom stereocenters. The molecule has 1 aromatic rings. The normalized spacial score (nSPS) is 30.2. The predicted molar refractivity (Wildman–Crippen MR) is 137 cm³/mol. The number of β-amino-alcohol motifs (C(OH)–C–C–N with tert-alkyl or cyclic N) is 1. The summed E-state index contributed by atoms with van der Waals surface area (Å²) in [4.78, 5) is 46.2. The molecule has 0 bridgehead atoms. The second-order valence-corrected chi connectivity index (χ2v) is 11.5. The van der Waals surface area contributed by atoms with Crippen molar-refractivity contribution < 1.29 is 24.2 Å². The molecule has 2 amide bonds. The molecule has 6 rings (SSSR count). The third-order valence-electron chi connectivity index (χ3n) is 9.29. The lowest BCUT2D eigenvalue weighted by Gasteiger charge is -2.43. The smallest absolute Gasteiger partial charge is 0.252 e. The minimum Gasteiger partial charge on any atom is -0.388 e. The van der Waals surface area contributed by atoms with Crippen molar-refractivity contribution in [1.82, 2.24) is 15.1 Å². The van der Waals surface area contributed by atoms with Crippen LogP contribution in [0, 0.1) is 0 Å². The second-order valence-electron chi connectivity index (χ2n) is 11.5. The molecule has 0 unspecified atom stereocenters. The molecule has 5 aliphatic rings. The molecule has 9 heteroatoms. The number of piperazine rings is 1. The number of rotatable bonds is 5. The molecule has 2 aliphatic carbocycles. The first-order chi connectivity index (χ1) is 17.9. The molecule has 9 nitrogen and oxygen atoms in total. The molecule has 2 saturated carbocycles. The highest BCUT2D eigenvalue weighted by Gasteiger charge is 2.55. The Morgan fingerprint density at radius 1 is 0.973 bits per heavy atom. The van der Waals surface area contributed by atoms with Gasteiger partial charge >= 0.3 is 0 Å². The highest BCUT2D eigenvalue weighted by atomic mass is 16.5. The van der Waals surface area contributed by atoms with Crippen LogP contribution >= 0.6 is 0 Å². The highest BCUT2D eigenvalue weighted by Crippen LogP contribution is 2.35. The predicted octanol–water partition coefficient (Wildman–Crippen LogP) is 1.33. The summed E-state index contributed by atoms with van der Waals surface area (Å²) >= 11 is 0. The number of ketones is 1. The Morgan fingerprint density at radius 3 is 2.32 bits per heavy atom. The number of carbonyl (C=O) groups is 3. The van der Waals surface area contributed by atoms with Gasteiger partial charge in [-0.15, -0.1) is 0 Å². The van der Waals surface area contributed by atoms with Gasteiger partial charge in [-0.25, -0.2) is 0 Å². The van der Waals surface area contributed by atoms with Crippen LogP contribution in [-0.2, 0) is 14.3 Å². The Kier molecular flexibility index (Phi) is 6.71. The average molecular weight is 511 g/mol. The van der Waals surface area contributed by atoms with Crippen LogP contribution in [0.1, 0.15) is 61.7 Å². The fraction of sp³-hybridized carbons (Fsp3) is 0.679. The standard InChI is InChI=1S/C28H38N4O5/c33-22-17-32(24-23(34)18-37-25(22)24)27(36)28(11-2-1-3-12-28)29-26(35)19-7-9-21(10-8-19)31-15-13-30(14-16-31)20-5-4-6-20/h7-10,20,22,24-25,33H,1-6,11-18H2,(H,29,35)/t22-,24-,25-/m1/s1. The molecular formula is C28H38N4O5. The summed E-state index contributed by atoms with van der Waals surface area (Å²) in [5, 5.41) is 13.5. The number of ether oxygens (including phenoxy) is 1. The number of benzene rings is 1. The molecular weight excluding hydrogens is 472 g/mol. The Bertz CT molecular complexity index is 1030. The summed E-state index contributed by atoms with van der Waals surface area (Å²) in [7, 11) is 0. The largest absolute Gasteiger partial charge is 0.388 e. The maximum absolute atomic E-state index is 13.9. The summed E-state index contributed by atoms with van der Waals surface area (Å²) in [6.07, 6.45) is 6.17. The molecule has 37 heavy (non-hydrogen) atoms. The summed E-state index contributed by atoms with van der Waals surface area (Å²) in [6, 6.07) is 7.69. The Labute approximate surface area is 218 Å². The van der Waals surface area contributed by atoms with Crippen molar-refractivity contribution in [2.24, 2.45) is 0 Å². The van der Waals surface area contributed by atoms with Gasteiger partial charge in [0, 0.05) is 43.5 Å². The van der Waals surface area contributed by atoms with E-state index in [0.29, 0.717) is 18.4 Å². The van der Waals surface area contributed by atoms with Gasteiger partial charge in [0.25, 0.3) is 5.91 Å². The highest BCUT2D eigenvalue weighted by molar-refractivity contribution is 6.01. The molecule has 200 valence electrons. The number of amides is 2. The number of anilines is 1. The number of nitrogens with zero attached hydrogens (tertiary/aromatic N) is 3. The van der Waals surface area contributed by atoms with Crippen LogP contribution in [0.4, 0.5) is 5.69 Å². The number of Topliss-reactive ketones (excluding diaryl/α,β-unsaturated/α-hetero) is 1. The van der Waals surface area contributed by atoms with Gasteiger partial charge < -0.3 is 25.0 Å². The van der Waals surface area contributed by atoms with Gasteiger partial charge in [-0.3, -0.25) is 19.3 Å². The van der Waals surface area contributed by atoms with Gasteiger partial charge in [-0.1, -0.05) is 25.7 Å². The quantitative estimate of drug-likeness (QED) is 0.616. The van der Waals surface area contributed by atoms with E-state index in [1.54, 1.807) is 0 Å². The third kappa shape index (κ3) is 4.55. The molecule has 0 aromatic heterocycles. The van der Waals surface area contributed by atoms with E-state index in [2.05, 4.69) is 15.1 Å². The Hall–Kier alpha value is -2.49. The molecule has 3 saturated heterocycles. The van der Waals surface area contributed by atoms with E-state index < -0.39 is 23.8 Å². The topological polar surface area (TPSA) is 102 Å². The molecule has 3 heterocycles. The van der Waals surface area contributed by atoms with E-state index in [-0.39, 0.29) is 30.7 Å². The maximum atomic E-state index is 13.9. The lowest BCUT2D eigenvalue weighted by Crippen LogP contribution is -2.62. The molecule has 3 aliphatic heterocycles. The zero-order chi connectivity index (χ0) is 25.6. The molecule has 0 radical (unpaired) electrons. The number of aliphatic hydroxyl groups excluding tert-OH is 1. The molecule has 1 aromatic carbocycles. The first kappa shape index (κ1) is 24.8. The van der Waals surface area contributed by atoms with Crippen molar-refractivity contribution in [3.8, 4) is 0 Å². The minimum atomic E-state index is -1.07. The van der Waals surface area contributed by atoms with Gasteiger partial charge in [-0.05, 0) is 49.9 Å². The zero-order valence-electron chi connectivity index (χ0n) is 21.4. The van der Waals surface area contributed by atoms with Gasteiger partial charge in [0.15, 0.2) is 5.78 Å². The number of aliphatic hydroxyl groups is 1. The number of nitrogens with one attached hydrogen (secondary N) is 1. The number of hydrogen-bond donors (Lipinski definition) is 2. The van der Waals surface area contributed by atoms with E-state index in [1.807, 2.05) is 24.3 Å². The van der Waals surface area contributed by atoms with Crippen LogP contribution < -0.4 is 10.2 Å². The monoisotopic (exact) mass is 510 g/mol. The van der Waals surface area contributed by atoms with Gasteiger partial charge in [0.05, 0.1) is 6.54 Å². The summed E-state index contributed by atoms with van der Waals surface area (Å²) < 4.78 is 5.45. The summed E-state index contributed by atoms with van der Waals surface area (Å²) in [5.74, 6) is -0.731. The summed E-state index contributed by atoms with van der Waals surface area (Å²) in [6.45, 7) is 4.12. The third-order valence-corrected chi connectivity index (χ3v) is 9.29. The SMILES string of the molecule is O=C(NC1(C(=O)N2C[C@@H](O)[C@H]3OCC(=O)[C@H]32)CCCCC1)c1ccc(N2CCN(C3CCC3)CC2)cc1. The second kappa shape index (κ2) is 10.0. The van der Waals surface area contributed by atoms with E-state index in [1.165, 1.54) is 24.2 Å². The van der Waals surface area contributed by atoms with Crippen molar-refractivity contribution in [2.45, 2.75) is 81.2 Å². The van der Waals surface area contributed by atoms with Crippen LogP contribution in [0.2, 0.25) is 0 Å². The fourth-order valence-corrected chi connectivity index (χ4v) is 6.87. The maximum Gasteiger partial charge on any atom is 0.252 e. The van der Waals surface area contributed by atoms with Gasteiger partial charge in [-0.2, -0.15) is 0 Å². The lowest BCUT2D eigenvalue weighted by molar-refractivity contribution is -0.143. The van der Waals surface area contributed by atoms with E-state index in [0.717, 1.165) is 57.2 Å². The first-order valence-corrected chi connectivity index (χ1v) is 14.0.